The van der Waals surface area contributed by atoms with Crippen LogP contribution in [-0.2, 0) is 5.60 Å². The number of hydrogen-bond acceptors (Lipinski definition) is 2. The van der Waals surface area contributed by atoms with Crippen molar-refractivity contribution in [2.75, 3.05) is 0 Å². The standard InChI is InChI=1S/C13H19NO2/c1-9-5-6-13(16,10(2)8-9)11-4-3-7-14-12(11)15/h3-4,7,9-10,16H,5-6,8H2,1-2H3,(H,14,15). The minimum Gasteiger partial charge on any atom is -0.385 e. The maximum Gasteiger partial charge on any atom is 0.254 e. The lowest BCUT2D eigenvalue weighted by atomic mass is 9.69. The first-order chi connectivity index (χ1) is 7.54. The molecule has 3 heteroatoms. The van der Waals surface area contributed by atoms with Crippen LogP contribution >= 0.6 is 0 Å². The van der Waals surface area contributed by atoms with E-state index in [4.69, 9.17) is 0 Å². The minimum absolute atomic E-state index is 0.139. The molecule has 2 N–H and O–H groups in total. The first-order valence-electron chi connectivity index (χ1n) is 5.94. The Labute approximate surface area is 95.5 Å². The number of rotatable bonds is 1. The molecule has 1 aromatic rings. The van der Waals surface area contributed by atoms with Crippen molar-refractivity contribution in [1.29, 1.82) is 0 Å². The molecule has 1 aliphatic carbocycles. The highest BCUT2D eigenvalue weighted by atomic mass is 16.3. The van der Waals surface area contributed by atoms with Crippen molar-refractivity contribution in [3.05, 3.63) is 34.2 Å². The number of aromatic amines is 1. The van der Waals surface area contributed by atoms with Gasteiger partial charge >= 0.3 is 0 Å². The first-order valence-corrected chi connectivity index (χ1v) is 5.94. The second kappa shape index (κ2) is 4.06. The molecule has 0 amide bonds. The Morgan fingerprint density at radius 3 is 2.88 bits per heavy atom. The molecule has 0 radical (unpaired) electrons. The molecule has 88 valence electrons. The largest absolute Gasteiger partial charge is 0.385 e. The predicted molar refractivity (Wildman–Crippen MR) is 63.1 cm³/mol. The molecule has 0 aliphatic heterocycles. The van der Waals surface area contributed by atoms with Gasteiger partial charge in [0.25, 0.3) is 5.56 Å². The lowest BCUT2D eigenvalue weighted by molar-refractivity contribution is -0.0598. The molecule has 0 aromatic carbocycles. The normalized spacial score (nSPS) is 34.9. The minimum atomic E-state index is -0.943. The molecule has 1 aromatic heterocycles. The van der Waals surface area contributed by atoms with Gasteiger partial charge in [0.15, 0.2) is 0 Å². The Morgan fingerprint density at radius 1 is 1.50 bits per heavy atom. The first kappa shape index (κ1) is 11.4. The van der Waals surface area contributed by atoms with Crippen LogP contribution in [0.4, 0.5) is 0 Å². The second-order valence-electron chi connectivity index (χ2n) is 5.12. The monoisotopic (exact) mass is 221 g/mol. The Balaban J connectivity index is 2.39. The fourth-order valence-electron chi connectivity index (χ4n) is 2.79. The van der Waals surface area contributed by atoms with E-state index in [9.17, 15) is 9.90 Å². The smallest absolute Gasteiger partial charge is 0.254 e. The highest BCUT2D eigenvalue weighted by Gasteiger charge is 2.41. The summed E-state index contributed by atoms with van der Waals surface area (Å²) in [4.78, 5) is 14.4. The van der Waals surface area contributed by atoms with E-state index in [1.807, 2.05) is 6.92 Å². The van der Waals surface area contributed by atoms with Crippen LogP contribution in [0.25, 0.3) is 0 Å². The van der Waals surface area contributed by atoms with Gasteiger partial charge in [-0.2, -0.15) is 0 Å². The third-order valence-corrected chi connectivity index (χ3v) is 3.87. The van der Waals surface area contributed by atoms with Crippen LogP contribution in [0.1, 0.15) is 38.7 Å². The van der Waals surface area contributed by atoms with Gasteiger partial charge in [-0.15, -0.1) is 0 Å². The predicted octanol–water partition coefficient (Wildman–Crippen LogP) is 2.02. The van der Waals surface area contributed by atoms with Gasteiger partial charge in [0.05, 0.1) is 5.60 Å². The third kappa shape index (κ3) is 1.80. The SMILES string of the molecule is CC1CCC(O)(c2ccc[nH]c2=O)C(C)C1. The van der Waals surface area contributed by atoms with E-state index in [2.05, 4.69) is 11.9 Å². The summed E-state index contributed by atoms with van der Waals surface area (Å²) in [6.45, 7) is 4.23. The molecule has 0 bridgehead atoms. The summed E-state index contributed by atoms with van der Waals surface area (Å²) in [6.07, 6.45) is 4.24. The van der Waals surface area contributed by atoms with Crippen molar-refractivity contribution >= 4 is 0 Å². The average Bonchev–Trinajstić information content (AvgIpc) is 2.25. The molecule has 1 fully saturated rings. The summed E-state index contributed by atoms with van der Waals surface area (Å²) < 4.78 is 0. The van der Waals surface area contributed by atoms with Gasteiger partial charge in [0.1, 0.15) is 0 Å². The van der Waals surface area contributed by atoms with E-state index in [0.717, 1.165) is 12.8 Å². The van der Waals surface area contributed by atoms with E-state index in [0.29, 0.717) is 17.9 Å². The number of aliphatic hydroxyl groups is 1. The molecule has 1 saturated carbocycles. The van der Waals surface area contributed by atoms with Gasteiger partial charge in [-0.05, 0) is 43.2 Å². The van der Waals surface area contributed by atoms with Crippen molar-refractivity contribution in [1.82, 2.24) is 4.98 Å². The lowest BCUT2D eigenvalue weighted by Gasteiger charge is -2.40. The van der Waals surface area contributed by atoms with Gasteiger partial charge in [-0.1, -0.05) is 13.8 Å². The zero-order valence-corrected chi connectivity index (χ0v) is 9.86. The summed E-state index contributed by atoms with van der Waals surface area (Å²) in [7, 11) is 0. The Hall–Kier alpha value is -1.09. The summed E-state index contributed by atoms with van der Waals surface area (Å²) in [5.41, 5.74) is -0.581. The zero-order valence-electron chi connectivity index (χ0n) is 9.86. The summed E-state index contributed by atoms with van der Waals surface area (Å²) in [5, 5.41) is 10.7. The molecule has 1 aliphatic rings. The molecular formula is C13H19NO2. The Kier molecular flexibility index (Phi) is 2.89. The van der Waals surface area contributed by atoms with Crippen molar-refractivity contribution < 1.29 is 5.11 Å². The van der Waals surface area contributed by atoms with Crippen molar-refractivity contribution in [3.63, 3.8) is 0 Å². The maximum absolute atomic E-state index is 11.7. The molecule has 0 saturated heterocycles. The van der Waals surface area contributed by atoms with E-state index in [1.54, 1.807) is 18.3 Å². The van der Waals surface area contributed by atoms with Gasteiger partial charge in [-0.25, -0.2) is 0 Å². The molecule has 3 unspecified atom stereocenters. The topological polar surface area (TPSA) is 53.1 Å². The van der Waals surface area contributed by atoms with Crippen LogP contribution in [0.15, 0.2) is 23.1 Å². The van der Waals surface area contributed by atoms with Crippen LogP contribution in [0.3, 0.4) is 0 Å². The molecule has 1 heterocycles. The summed E-state index contributed by atoms with van der Waals surface area (Å²) >= 11 is 0. The Morgan fingerprint density at radius 2 is 2.25 bits per heavy atom. The quantitative estimate of drug-likeness (QED) is 0.762. The third-order valence-electron chi connectivity index (χ3n) is 3.87. The van der Waals surface area contributed by atoms with Crippen molar-refractivity contribution in [2.45, 2.75) is 38.7 Å². The molecule has 3 nitrogen and oxygen atoms in total. The van der Waals surface area contributed by atoms with Crippen molar-refractivity contribution in [2.24, 2.45) is 11.8 Å². The van der Waals surface area contributed by atoms with Gasteiger partial charge in [0, 0.05) is 11.8 Å². The maximum atomic E-state index is 11.7. The highest BCUT2D eigenvalue weighted by Crippen LogP contribution is 2.42. The summed E-state index contributed by atoms with van der Waals surface area (Å²) in [6, 6.07) is 3.52. The van der Waals surface area contributed by atoms with Crippen LogP contribution in [0.5, 0.6) is 0 Å². The van der Waals surface area contributed by atoms with Crippen LogP contribution in [0.2, 0.25) is 0 Å². The fourth-order valence-corrected chi connectivity index (χ4v) is 2.79. The van der Waals surface area contributed by atoms with Crippen LogP contribution in [0, 0.1) is 11.8 Å². The second-order valence-corrected chi connectivity index (χ2v) is 5.12. The zero-order chi connectivity index (χ0) is 11.8. The molecule has 16 heavy (non-hydrogen) atoms. The fraction of sp³-hybridized carbons (Fsp3) is 0.615. The summed E-state index contributed by atoms with van der Waals surface area (Å²) in [5.74, 6) is 0.776. The highest BCUT2D eigenvalue weighted by molar-refractivity contribution is 5.20. The molecule has 0 spiro atoms. The van der Waals surface area contributed by atoms with Crippen LogP contribution < -0.4 is 5.56 Å². The van der Waals surface area contributed by atoms with E-state index >= 15 is 0 Å². The van der Waals surface area contributed by atoms with E-state index in [1.165, 1.54) is 0 Å². The lowest BCUT2D eigenvalue weighted by Crippen LogP contribution is -2.42. The van der Waals surface area contributed by atoms with Gasteiger partial charge in [-0.3, -0.25) is 4.79 Å². The molecule has 2 rings (SSSR count). The van der Waals surface area contributed by atoms with E-state index in [-0.39, 0.29) is 11.5 Å². The number of aromatic nitrogens is 1. The number of H-pyrrole nitrogens is 1. The number of nitrogens with one attached hydrogen (secondary N) is 1. The Bertz CT molecular complexity index is 426. The van der Waals surface area contributed by atoms with Gasteiger partial charge < -0.3 is 10.1 Å². The molecular weight excluding hydrogens is 202 g/mol. The average molecular weight is 221 g/mol. The molecule has 3 atom stereocenters. The van der Waals surface area contributed by atoms with E-state index < -0.39 is 5.60 Å². The van der Waals surface area contributed by atoms with Crippen molar-refractivity contribution in [3.8, 4) is 0 Å². The van der Waals surface area contributed by atoms with Crippen LogP contribution in [-0.4, -0.2) is 10.1 Å². The van der Waals surface area contributed by atoms with Gasteiger partial charge in [0.2, 0.25) is 0 Å². The number of hydrogen-bond donors (Lipinski definition) is 2. The number of pyridine rings is 1.